The molecule has 0 saturated heterocycles. The van der Waals surface area contributed by atoms with Crippen LogP contribution in [0.4, 0.5) is 13.2 Å². The first-order chi connectivity index (χ1) is 7.79. The van der Waals surface area contributed by atoms with Crippen molar-refractivity contribution in [3.63, 3.8) is 0 Å². The summed E-state index contributed by atoms with van der Waals surface area (Å²) in [4.78, 5) is 11.1. The van der Waals surface area contributed by atoms with Gasteiger partial charge in [0.1, 0.15) is 10.8 Å². The maximum absolute atomic E-state index is 12.5. The molecule has 2 aromatic heterocycles. The predicted octanol–water partition coefficient (Wildman–Crippen LogP) is 3.21. The molecule has 0 bridgehead atoms. The molecule has 0 aliphatic rings. The Kier molecular flexibility index (Phi) is 2.61. The van der Waals surface area contributed by atoms with E-state index >= 15 is 0 Å². The molecule has 17 heavy (non-hydrogen) atoms. The van der Waals surface area contributed by atoms with E-state index in [1.807, 2.05) is 0 Å². The SMILES string of the molecule is CC(=O)c1cc2cc(C(F)(F)F)cc(Cl)n2n1. The number of ketones is 1. The molecule has 0 amide bonds. The lowest BCUT2D eigenvalue weighted by molar-refractivity contribution is -0.137. The van der Waals surface area contributed by atoms with Gasteiger partial charge in [-0.15, -0.1) is 0 Å². The number of carbonyl (C=O) groups excluding carboxylic acids is 1. The van der Waals surface area contributed by atoms with Gasteiger partial charge in [0, 0.05) is 6.92 Å². The van der Waals surface area contributed by atoms with E-state index in [9.17, 15) is 18.0 Å². The highest BCUT2D eigenvalue weighted by atomic mass is 35.5. The zero-order valence-electron chi connectivity index (χ0n) is 8.55. The van der Waals surface area contributed by atoms with Crippen molar-refractivity contribution < 1.29 is 18.0 Å². The maximum atomic E-state index is 12.5. The van der Waals surface area contributed by atoms with Crippen LogP contribution in [0, 0.1) is 0 Å². The smallest absolute Gasteiger partial charge is 0.293 e. The van der Waals surface area contributed by atoms with Crippen molar-refractivity contribution in [1.29, 1.82) is 0 Å². The Morgan fingerprint density at radius 2 is 2.00 bits per heavy atom. The zero-order valence-corrected chi connectivity index (χ0v) is 9.30. The van der Waals surface area contributed by atoms with E-state index in [2.05, 4.69) is 5.10 Å². The van der Waals surface area contributed by atoms with E-state index in [0.29, 0.717) is 0 Å². The fourth-order valence-electron chi connectivity index (χ4n) is 1.40. The predicted molar refractivity (Wildman–Crippen MR) is 55.2 cm³/mol. The summed E-state index contributed by atoms with van der Waals surface area (Å²) >= 11 is 5.68. The Labute approximate surface area is 98.8 Å². The van der Waals surface area contributed by atoms with Gasteiger partial charge < -0.3 is 0 Å². The van der Waals surface area contributed by atoms with Crippen LogP contribution in [-0.4, -0.2) is 15.4 Å². The molecule has 0 radical (unpaired) electrons. The van der Waals surface area contributed by atoms with Gasteiger partial charge in [0.25, 0.3) is 0 Å². The largest absolute Gasteiger partial charge is 0.416 e. The Bertz CT molecular complexity index is 603. The summed E-state index contributed by atoms with van der Waals surface area (Å²) in [7, 11) is 0. The summed E-state index contributed by atoms with van der Waals surface area (Å²) in [5.41, 5.74) is -0.661. The molecule has 0 aliphatic heterocycles. The summed E-state index contributed by atoms with van der Waals surface area (Å²) in [5, 5.41) is 3.61. The molecular formula is C10H6ClF3N2O. The van der Waals surface area contributed by atoms with Crippen molar-refractivity contribution in [1.82, 2.24) is 9.61 Å². The molecule has 0 atom stereocenters. The third-order valence-electron chi connectivity index (χ3n) is 2.21. The number of rotatable bonds is 1. The highest BCUT2D eigenvalue weighted by molar-refractivity contribution is 6.29. The van der Waals surface area contributed by atoms with Crippen LogP contribution in [0.3, 0.4) is 0 Å². The Morgan fingerprint density at radius 1 is 1.35 bits per heavy atom. The van der Waals surface area contributed by atoms with Crippen LogP contribution in [-0.2, 0) is 6.18 Å². The second-order valence-electron chi connectivity index (χ2n) is 3.49. The van der Waals surface area contributed by atoms with Gasteiger partial charge >= 0.3 is 6.18 Å². The standard InChI is InChI=1S/C10H6ClF3N2O/c1-5(17)8-4-7-2-6(10(12,13)14)3-9(11)16(7)15-8/h2-4H,1H3. The van der Waals surface area contributed by atoms with Crippen molar-refractivity contribution in [2.45, 2.75) is 13.1 Å². The number of nitrogens with zero attached hydrogens (tertiary/aromatic N) is 2. The van der Waals surface area contributed by atoms with E-state index in [1.54, 1.807) is 0 Å². The minimum Gasteiger partial charge on any atom is -0.293 e. The van der Waals surface area contributed by atoms with Crippen LogP contribution >= 0.6 is 11.6 Å². The Hall–Kier alpha value is -1.56. The molecule has 0 spiro atoms. The average molecular weight is 263 g/mol. The quantitative estimate of drug-likeness (QED) is 0.584. The molecule has 2 heterocycles. The molecule has 0 unspecified atom stereocenters. The molecule has 7 heteroatoms. The highest BCUT2D eigenvalue weighted by Crippen LogP contribution is 2.32. The van der Waals surface area contributed by atoms with Gasteiger partial charge in [-0.05, 0) is 18.2 Å². The third-order valence-corrected chi connectivity index (χ3v) is 2.47. The summed E-state index contributed by atoms with van der Waals surface area (Å²) in [6.45, 7) is 1.28. The van der Waals surface area contributed by atoms with Crippen molar-refractivity contribution in [3.8, 4) is 0 Å². The number of halogens is 4. The number of fused-ring (bicyclic) bond motifs is 1. The molecule has 0 saturated carbocycles. The summed E-state index contributed by atoms with van der Waals surface area (Å²) in [6, 6.07) is 2.93. The normalized spacial score (nSPS) is 12.1. The number of carbonyl (C=O) groups is 1. The lowest BCUT2D eigenvalue weighted by Crippen LogP contribution is -2.06. The van der Waals surface area contributed by atoms with Crippen molar-refractivity contribution in [3.05, 3.63) is 34.6 Å². The van der Waals surface area contributed by atoms with Gasteiger partial charge in [-0.1, -0.05) is 11.6 Å². The van der Waals surface area contributed by atoms with Crippen LogP contribution in [0.15, 0.2) is 18.2 Å². The van der Waals surface area contributed by atoms with Crippen molar-refractivity contribution >= 4 is 22.9 Å². The Morgan fingerprint density at radius 3 is 2.53 bits per heavy atom. The first-order valence-electron chi connectivity index (χ1n) is 4.56. The second-order valence-corrected chi connectivity index (χ2v) is 3.87. The molecule has 3 nitrogen and oxygen atoms in total. The minimum atomic E-state index is -4.48. The molecule has 0 fully saturated rings. The van der Waals surface area contributed by atoms with E-state index < -0.39 is 11.7 Å². The molecule has 0 aromatic carbocycles. The zero-order chi connectivity index (χ0) is 12.8. The van der Waals surface area contributed by atoms with Crippen molar-refractivity contribution in [2.75, 3.05) is 0 Å². The summed E-state index contributed by atoms with van der Waals surface area (Å²) < 4.78 is 38.6. The van der Waals surface area contributed by atoms with E-state index in [0.717, 1.165) is 16.6 Å². The number of hydrogen-bond acceptors (Lipinski definition) is 2. The number of hydrogen-bond donors (Lipinski definition) is 0. The number of aromatic nitrogens is 2. The summed E-state index contributed by atoms with van der Waals surface area (Å²) in [5.74, 6) is -0.335. The Balaban J connectivity index is 2.69. The van der Waals surface area contributed by atoms with Crippen molar-refractivity contribution in [2.24, 2.45) is 0 Å². The van der Waals surface area contributed by atoms with E-state index in [1.165, 1.54) is 13.0 Å². The third kappa shape index (κ3) is 2.12. The van der Waals surface area contributed by atoms with Gasteiger partial charge in [-0.25, -0.2) is 4.52 Å². The fourth-order valence-corrected chi connectivity index (χ4v) is 1.65. The van der Waals surface area contributed by atoms with Gasteiger partial charge in [0.05, 0.1) is 11.1 Å². The lowest BCUT2D eigenvalue weighted by Gasteiger charge is -2.07. The fraction of sp³-hybridized carbons (Fsp3) is 0.200. The van der Waals surface area contributed by atoms with E-state index in [4.69, 9.17) is 11.6 Å². The van der Waals surface area contributed by atoms with Crippen LogP contribution in [0.25, 0.3) is 5.52 Å². The number of alkyl halides is 3. The topological polar surface area (TPSA) is 34.4 Å². The second kappa shape index (κ2) is 3.73. The van der Waals surface area contributed by atoms with Crippen LogP contribution < -0.4 is 0 Å². The highest BCUT2D eigenvalue weighted by Gasteiger charge is 2.31. The van der Waals surface area contributed by atoms with Crippen LogP contribution in [0.1, 0.15) is 23.0 Å². The molecule has 90 valence electrons. The van der Waals surface area contributed by atoms with Crippen LogP contribution in [0.2, 0.25) is 5.15 Å². The molecule has 0 N–H and O–H groups in total. The van der Waals surface area contributed by atoms with E-state index in [-0.39, 0.29) is 22.1 Å². The first kappa shape index (κ1) is 11.9. The number of Topliss-reactive ketones (excluding diaryl/α,β-unsaturated/α-hetero) is 1. The monoisotopic (exact) mass is 262 g/mol. The molecule has 0 aliphatic carbocycles. The van der Waals surface area contributed by atoms with Gasteiger partial charge in [-0.2, -0.15) is 18.3 Å². The first-order valence-corrected chi connectivity index (χ1v) is 4.94. The van der Waals surface area contributed by atoms with Gasteiger partial charge in [0.15, 0.2) is 5.78 Å². The summed E-state index contributed by atoms with van der Waals surface area (Å²) in [6.07, 6.45) is -4.48. The van der Waals surface area contributed by atoms with Gasteiger partial charge in [0.2, 0.25) is 0 Å². The van der Waals surface area contributed by atoms with Gasteiger partial charge in [-0.3, -0.25) is 4.79 Å². The molecule has 2 aromatic rings. The number of pyridine rings is 1. The maximum Gasteiger partial charge on any atom is 0.416 e. The minimum absolute atomic E-state index is 0.0752. The average Bonchev–Trinajstić information content (AvgIpc) is 2.60. The molecule has 2 rings (SSSR count). The lowest BCUT2D eigenvalue weighted by atomic mass is 10.2. The molecular weight excluding hydrogens is 257 g/mol. The van der Waals surface area contributed by atoms with Crippen LogP contribution in [0.5, 0.6) is 0 Å².